The van der Waals surface area contributed by atoms with E-state index in [1.165, 1.54) is 0 Å². The van der Waals surface area contributed by atoms with E-state index in [2.05, 4.69) is 29.4 Å². The molecule has 148 valence electrons. The molecule has 0 aliphatic heterocycles. The van der Waals surface area contributed by atoms with Crippen molar-refractivity contribution in [3.8, 4) is 17.2 Å². The van der Waals surface area contributed by atoms with Gasteiger partial charge in [0.25, 0.3) is 0 Å². The van der Waals surface area contributed by atoms with Crippen molar-refractivity contribution in [3.05, 3.63) is 12.1 Å². The summed E-state index contributed by atoms with van der Waals surface area (Å²) in [5.41, 5.74) is 0.576. The zero-order chi connectivity index (χ0) is 19.5. The molecule has 2 N–H and O–H groups in total. The van der Waals surface area contributed by atoms with Gasteiger partial charge in [0.2, 0.25) is 5.75 Å². The van der Waals surface area contributed by atoms with Crippen LogP contribution < -0.4 is 24.8 Å². The van der Waals surface area contributed by atoms with Crippen molar-refractivity contribution in [1.29, 1.82) is 0 Å². The van der Waals surface area contributed by atoms with Crippen molar-refractivity contribution in [2.45, 2.75) is 39.7 Å². The van der Waals surface area contributed by atoms with Crippen LogP contribution in [-0.4, -0.2) is 57.9 Å². The molecule has 0 spiro atoms. The van der Waals surface area contributed by atoms with Crippen molar-refractivity contribution in [3.63, 3.8) is 0 Å². The molecule has 1 unspecified atom stereocenters. The van der Waals surface area contributed by atoms with Crippen LogP contribution in [0.25, 0.3) is 0 Å². The van der Waals surface area contributed by atoms with Gasteiger partial charge in [0, 0.05) is 18.2 Å². The number of rotatable bonds is 11. The molecule has 7 heteroatoms. The third kappa shape index (κ3) is 6.63. The third-order valence-electron chi connectivity index (χ3n) is 4.31. The van der Waals surface area contributed by atoms with E-state index in [1.54, 1.807) is 33.5 Å². The van der Waals surface area contributed by atoms with E-state index in [0.29, 0.717) is 22.9 Å². The van der Waals surface area contributed by atoms with E-state index < -0.39 is 0 Å². The zero-order valence-electron chi connectivity index (χ0n) is 16.8. The number of carbonyl (C=O) groups is 1. The number of anilines is 1. The van der Waals surface area contributed by atoms with Gasteiger partial charge in [-0.1, -0.05) is 13.8 Å². The smallest absolute Gasteiger partial charge is 0.319 e. The molecule has 26 heavy (non-hydrogen) atoms. The van der Waals surface area contributed by atoms with E-state index in [1.807, 2.05) is 6.92 Å². The highest BCUT2D eigenvalue weighted by Gasteiger charge is 2.15. The molecule has 2 amide bonds. The van der Waals surface area contributed by atoms with E-state index >= 15 is 0 Å². The number of nitrogens with one attached hydrogen (secondary N) is 2. The highest BCUT2D eigenvalue weighted by atomic mass is 16.5. The summed E-state index contributed by atoms with van der Waals surface area (Å²) in [6.45, 7) is 9.50. The van der Waals surface area contributed by atoms with Crippen molar-refractivity contribution < 1.29 is 19.0 Å². The summed E-state index contributed by atoms with van der Waals surface area (Å²) < 4.78 is 15.9. The number of benzene rings is 1. The second-order valence-corrected chi connectivity index (χ2v) is 6.08. The SMILES string of the molecule is CCN(CC)CCCC(C)NC(=O)Nc1cc(OC)c(OC)c(OC)c1. The molecule has 0 aliphatic carbocycles. The largest absolute Gasteiger partial charge is 0.493 e. The second-order valence-electron chi connectivity index (χ2n) is 6.08. The fraction of sp³-hybridized carbons (Fsp3) is 0.632. The molecule has 1 atom stereocenters. The Morgan fingerprint density at radius 2 is 1.65 bits per heavy atom. The lowest BCUT2D eigenvalue weighted by Gasteiger charge is -2.20. The average molecular weight is 367 g/mol. The predicted molar refractivity (Wildman–Crippen MR) is 105 cm³/mol. The van der Waals surface area contributed by atoms with Crippen LogP contribution in [0, 0.1) is 0 Å². The molecule has 1 rings (SSSR count). The van der Waals surface area contributed by atoms with Gasteiger partial charge in [0.15, 0.2) is 11.5 Å². The van der Waals surface area contributed by atoms with E-state index in [0.717, 1.165) is 32.5 Å². The average Bonchev–Trinajstić information content (AvgIpc) is 2.64. The van der Waals surface area contributed by atoms with Crippen LogP contribution in [-0.2, 0) is 0 Å². The van der Waals surface area contributed by atoms with Crippen LogP contribution in [0.5, 0.6) is 17.2 Å². The van der Waals surface area contributed by atoms with Gasteiger partial charge in [-0.25, -0.2) is 4.79 Å². The molecule has 0 aromatic heterocycles. The molecule has 0 aliphatic rings. The van der Waals surface area contributed by atoms with Gasteiger partial charge in [0.1, 0.15) is 0 Å². The number of methoxy groups -OCH3 is 3. The van der Waals surface area contributed by atoms with Gasteiger partial charge in [-0.05, 0) is 39.4 Å². The van der Waals surface area contributed by atoms with E-state index in [-0.39, 0.29) is 12.1 Å². The van der Waals surface area contributed by atoms with Crippen LogP contribution in [0.4, 0.5) is 10.5 Å². The van der Waals surface area contributed by atoms with Gasteiger partial charge in [-0.2, -0.15) is 0 Å². The molecule has 0 heterocycles. The Morgan fingerprint density at radius 3 is 2.12 bits per heavy atom. The topological polar surface area (TPSA) is 72.1 Å². The van der Waals surface area contributed by atoms with Gasteiger partial charge in [0.05, 0.1) is 27.0 Å². The lowest BCUT2D eigenvalue weighted by Crippen LogP contribution is -2.36. The second kappa shape index (κ2) is 11.5. The molecule has 0 fully saturated rings. The van der Waals surface area contributed by atoms with E-state index in [4.69, 9.17) is 14.2 Å². The summed E-state index contributed by atoms with van der Waals surface area (Å²) in [6.07, 6.45) is 1.98. The molecular formula is C19H33N3O4. The first kappa shape index (κ1) is 21.9. The Balaban J connectivity index is 2.59. The number of hydrogen-bond acceptors (Lipinski definition) is 5. The van der Waals surface area contributed by atoms with Crippen molar-refractivity contribution >= 4 is 11.7 Å². The number of carbonyl (C=O) groups excluding carboxylic acids is 1. The maximum Gasteiger partial charge on any atom is 0.319 e. The Morgan fingerprint density at radius 1 is 1.08 bits per heavy atom. The molecule has 0 bridgehead atoms. The fourth-order valence-corrected chi connectivity index (χ4v) is 2.78. The minimum atomic E-state index is -0.255. The molecule has 0 saturated carbocycles. The first-order valence-electron chi connectivity index (χ1n) is 9.08. The molecule has 0 radical (unpaired) electrons. The highest BCUT2D eigenvalue weighted by Crippen LogP contribution is 2.39. The van der Waals surface area contributed by atoms with E-state index in [9.17, 15) is 4.79 Å². The van der Waals surface area contributed by atoms with Crippen LogP contribution >= 0.6 is 0 Å². The molecule has 0 saturated heterocycles. The van der Waals surface area contributed by atoms with Crippen LogP contribution in [0.1, 0.15) is 33.6 Å². The number of urea groups is 1. The summed E-state index contributed by atoms with van der Waals surface area (Å²) in [5.74, 6) is 1.48. The summed E-state index contributed by atoms with van der Waals surface area (Å²) in [6, 6.07) is 3.24. The van der Waals surface area contributed by atoms with Crippen molar-refractivity contribution in [1.82, 2.24) is 10.2 Å². The predicted octanol–water partition coefficient (Wildman–Crippen LogP) is 3.34. The molecule has 1 aromatic carbocycles. The van der Waals surface area contributed by atoms with Gasteiger partial charge in [-0.15, -0.1) is 0 Å². The monoisotopic (exact) mass is 367 g/mol. The number of ether oxygens (including phenoxy) is 3. The number of hydrogen-bond donors (Lipinski definition) is 2. The maximum atomic E-state index is 12.2. The Hall–Kier alpha value is -2.15. The molecular weight excluding hydrogens is 334 g/mol. The normalized spacial score (nSPS) is 11.8. The van der Waals surface area contributed by atoms with Crippen LogP contribution in [0.15, 0.2) is 12.1 Å². The highest BCUT2D eigenvalue weighted by molar-refractivity contribution is 5.90. The summed E-state index contributed by atoms with van der Waals surface area (Å²) in [5, 5.41) is 5.78. The van der Waals surface area contributed by atoms with Crippen molar-refractivity contribution in [2.75, 3.05) is 46.3 Å². The number of amides is 2. The summed E-state index contributed by atoms with van der Waals surface area (Å²) in [4.78, 5) is 14.6. The molecule has 7 nitrogen and oxygen atoms in total. The Kier molecular flexibility index (Phi) is 9.65. The standard InChI is InChI=1S/C19H33N3O4/c1-7-22(8-2)11-9-10-14(3)20-19(23)21-15-12-16(24-4)18(26-6)17(13-15)25-5/h12-14H,7-11H2,1-6H3,(H2,20,21,23). The maximum absolute atomic E-state index is 12.2. The Bertz CT molecular complexity index is 537. The minimum Gasteiger partial charge on any atom is -0.493 e. The Labute approximate surface area is 157 Å². The fourth-order valence-electron chi connectivity index (χ4n) is 2.78. The summed E-state index contributed by atoms with van der Waals surface area (Å²) >= 11 is 0. The van der Waals surface area contributed by atoms with Crippen molar-refractivity contribution in [2.24, 2.45) is 0 Å². The minimum absolute atomic E-state index is 0.0904. The first-order valence-corrected chi connectivity index (χ1v) is 9.08. The van der Waals surface area contributed by atoms with Gasteiger partial charge >= 0.3 is 6.03 Å². The zero-order valence-corrected chi connectivity index (χ0v) is 16.8. The molecule has 1 aromatic rings. The van der Waals surface area contributed by atoms with Crippen LogP contribution in [0.3, 0.4) is 0 Å². The number of nitrogens with zero attached hydrogens (tertiary/aromatic N) is 1. The quantitative estimate of drug-likeness (QED) is 0.628. The van der Waals surface area contributed by atoms with Gasteiger partial charge in [-0.3, -0.25) is 0 Å². The van der Waals surface area contributed by atoms with Gasteiger partial charge < -0.3 is 29.7 Å². The summed E-state index contributed by atoms with van der Waals surface area (Å²) in [7, 11) is 4.62. The lowest BCUT2D eigenvalue weighted by molar-refractivity contribution is 0.247. The first-order chi connectivity index (χ1) is 12.5. The third-order valence-corrected chi connectivity index (χ3v) is 4.31. The van der Waals surface area contributed by atoms with Crippen LogP contribution in [0.2, 0.25) is 0 Å². The lowest BCUT2D eigenvalue weighted by atomic mass is 10.2.